The summed E-state index contributed by atoms with van der Waals surface area (Å²) in [4.78, 5) is 0. The summed E-state index contributed by atoms with van der Waals surface area (Å²) in [7, 11) is 1.68. The molecule has 0 radical (unpaired) electrons. The van der Waals surface area contributed by atoms with Crippen molar-refractivity contribution in [1.82, 2.24) is 0 Å². The maximum atomic E-state index is 5.93. The van der Waals surface area contributed by atoms with Gasteiger partial charge >= 0.3 is 0 Å². The molecule has 0 saturated carbocycles. The molecule has 1 unspecified atom stereocenters. The average molecular weight is 366 g/mol. The monoisotopic (exact) mass is 366 g/mol. The molecule has 3 heteroatoms. The maximum Gasteiger partial charge on any atom is 0.123 e. The fraction of sp³-hybridized carbons (Fsp3) is 0.250. The number of methoxy groups -OCH3 is 1. The number of halogens is 1. The summed E-state index contributed by atoms with van der Waals surface area (Å²) in [5, 5.41) is 0. The minimum Gasteiger partial charge on any atom is -0.497 e. The summed E-state index contributed by atoms with van der Waals surface area (Å²) < 4.78 is 12.1. The minimum absolute atomic E-state index is 0.335. The van der Waals surface area contributed by atoms with Crippen molar-refractivity contribution < 1.29 is 9.47 Å². The van der Waals surface area contributed by atoms with Crippen LogP contribution in [0.15, 0.2) is 42.5 Å². The van der Waals surface area contributed by atoms with Crippen LogP contribution in [-0.2, 0) is 6.42 Å². The highest BCUT2D eigenvalue weighted by molar-refractivity contribution is 14.1. The number of hydrogen-bond acceptors (Lipinski definition) is 2. The Morgan fingerprint density at radius 3 is 2.58 bits per heavy atom. The van der Waals surface area contributed by atoms with E-state index in [1.165, 1.54) is 16.7 Å². The zero-order chi connectivity index (χ0) is 13.2. The first kappa shape index (κ1) is 12.8. The Kier molecular flexibility index (Phi) is 3.64. The largest absolute Gasteiger partial charge is 0.497 e. The molecule has 2 aromatic carbocycles. The molecule has 0 aromatic heterocycles. The molecule has 0 amide bonds. The van der Waals surface area contributed by atoms with Crippen molar-refractivity contribution in [2.24, 2.45) is 0 Å². The van der Waals surface area contributed by atoms with Gasteiger partial charge in [-0.3, -0.25) is 0 Å². The highest BCUT2D eigenvalue weighted by Gasteiger charge is 2.21. The molecule has 19 heavy (non-hydrogen) atoms. The Balaban J connectivity index is 1.90. The number of hydrogen-bond donors (Lipinski definition) is 0. The fourth-order valence-corrected chi connectivity index (χ4v) is 2.84. The van der Waals surface area contributed by atoms with E-state index in [0.717, 1.165) is 22.3 Å². The first-order valence-corrected chi connectivity index (χ1v) is 7.82. The van der Waals surface area contributed by atoms with Crippen molar-refractivity contribution in [3.8, 4) is 22.6 Å². The Morgan fingerprint density at radius 2 is 1.89 bits per heavy atom. The van der Waals surface area contributed by atoms with Gasteiger partial charge in [0.25, 0.3) is 0 Å². The van der Waals surface area contributed by atoms with E-state index in [9.17, 15) is 0 Å². The minimum atomic E-state index is 0.335. The van der Waals surface area contributed by atoms with E-state index in [1.807, 2.05) is 12.1 Å². The summed E-state index contributed by atoms with van der Waals surface area (Å²) in [6.07, 6.45) is 1.36. The number of rotatable bonds is 3. The van der Waals surface area contributed by atoms with Crippen LogP contribution in [-0.4, -0.2) is 17.6 Å². The number of benzene rings is 2. The van der Waals surface area contributed by atoms with Crippen LogP contribution < -0.4 is 9.47 Å². The van der Waals surface area contributed by atoms with Crippen LogP contribution in [0.25, 0.3) is 11.1 Å². The average Bonchev–Trinajstić information content (AvgIpc) is 2.89. The second kappa shape index (κ2) is 5.41. The van der Waals surface area contributed by atoms with Gasteiger partial charge in [0.1, 0.15) is 17.6 Å². The molecule has 1 heterocycles. The smallest absolute Gasteiger partial charge is 0.123 e. The number of ether oxygens (including phenoxy) is 2. The Labute approximate surface area is 126 Å². The third-order valence-electron chi connectivity index (χ3n) is 3.40. The summed E-state index contributed by atoms with van der Waals surface area (Å²) in [5.74, 6) is 1.92. The molecule has 0 N–H and O–H groups in total. The molecule has 1 aliphatic rings. The van der Waals surface area contributed by atoms with Crippen molar-refractivity contribution in [3.63, 3.8) is 0 Å². The van der Waals surface area contributed by atoms with Gasteiger partial charge in [-0.2, -0.15) is 0 Å². The lowest BCUT2D eigenvalue weighted by atomic mass is 10.0. The third-order valence-corrected chi connectivity index (χ3v) is 4.39. The summed E-state index contributed by atoms with van der Waals surface area (Å²) in [6, 6.07) is 14.6. The standard InChI is InChI=1S/C16H15IO2/c1-18-14-6-4-11(5-7-14)12-2-3-13-8-15(10-17)19-16(13)9-12/h2-7,9,15H,8,10H2,1H3. The van der Waals surface area contributed by atoms with Gasteiger partial charge in [0.15, 0.2) is 0 Å². The zero-order valence-corrected chi connectivity index (χ0v) is 12.9. The molecule has 0 aliphatic carbocycles. The lowest BCUT2D eigenvalue weighted by molar-refractivity contribution is 0.262. The van der Waals surface area contributed by atoms with Gasteiger partial charge in [-0.1, -0.05) is 46.9 Å². The van der Waals surface area contributed by atoms with E-state index in [4.69, 9.17) is 9.47 Å². The molecule has 0 spiro atoms. The number of alkyl halides is 1. The molecule has 1 aliphatic heterocycles. The molecule has 2 aromatic rings. The molecular formula is C16H15IO2. The van der Waals surface area contributed by atoms with Crippen LogP contribution >= 0.6 is 22.6 Å². The maximum absolute atomic E-state index is 5.93. The van der Waals surface area contributed by atoms with Gasteiger partial charge in [-0.25, -0.2) is 0 Å². The molecule has 0 fully saturated rings. The van der Waals surface area contributed by atoms with Crippen LogP contribution in [0.4, 0.5) is 0 Å². The Morgan fingerprint density at radius 1 is 1.16 bits per heavy atom. The lowest BCUT2D eigenvalue weighted by Crippen LogP contribution is -2.13. The Hall–Kier alpha value is -1.23. The first-order valence-electron chi connectivity index (χ1n) is 6.30. The predicted octanol–water partition coefficient (Wildman–Crippen LogP) is 4.10. The van der Waals surface area contributed by atoms with E-state index < -0.39 is 0 Å². The molecule has 3 rings (SSSR count). The molecule has 0 bridgehead atoms. The quantitative estimate of drug-likeness (QED) is 0.602. The van der Waals surface area contributed by atoms with Crippen molar-refractivity contribution >= 4 is 22.6 Å². The van der Waals surface area contributed by atoms with Gasteiger partial charge in [0, 0.05) is 10.8 Å². The van der Waals surface area contributed by atoms with Crippen LogP contribution in [0.2, 0.25) is 0 Å². The summed E-state index contributed by atoms with van der Waals surface area (Å²) >= 11 is 2.38. The number of fused-ring (bicyclic) bond motifs is 1. The molecule has 2 nitrogen and oxygen atoms in total. The first-order chi connectivity index (χ1) is 9.30. The second-order valence-corrected chi connectivity index (χ2v) is 5.53. The van der Waals surface area contributed by atoms with E-state index in [1.54, 1.807) is 7.11 Å². The normalized spacial score (nSPS) is 16.8. The van der Waals surface area contributed by atoms with Gasteiger partial charge in [0.05, 0.1) is 7.11 Å². The van der Waals surface area contributed by atoms with Crippen LogP contribution in [0.1, 0.15) is 5.56 Å². The van der Waals surface area contributed by atoms with Gasteiger partial charge in [0.2, 0.25) is 0 Å². The summed E-state index contributed by atoms with van der Waals surface area (Å²) in [5.41, 5.74) is 3.69. The molecule has 98 valence electrons. The lowest BCUT2D eigenvalue weighted by Gasteiger charge is -2.07. The van der Waals surface area contributed by atoms with Crippen molar-refractivity contribution in [3.05, 3.63) is 48.0 Å². The Bertz CT molecular complexity index is 578. The van der Waals surface area contributed by atoms with Crippen molar-refractivity contribution in [1.29, 1.82) is 0 Å². The SMILES string of the molecule is COc1ccc(-c2ccc3c(c2)OC(CI)C3)cc1. The van der Waals surface area contributed by atoms with Crippen molar-refractivity contribution in [2.75, 3.05) is 11.5 Å². The van der Waals surface area contributed by atoms with E-state index in [-0.39, 0.29) is 0 Å². The van der Waals surface area contributed by atoms with Crippen molar-refractivity contribution in [2.45, 2.75) is 12.5 Å². The van der Waals surface area contributed by atoms with Crippen LogP contribution in [0, 0.1) is 0 Å². The predicted molar refractivity (Wildman–Crippen MR) is 85.4 cm³/mol. The highest BCUT2D eigenvalue weighted by atomic mass is 127. The van der Waals surface area contributed by atoms with E-state index in [0.29, 0.717) is 6.10 Å². The van der Waals surface area contributed by atoms with E-state index in [2.05, 4.69) is 52.9 Å². The zero-order valence-electron chi connectivity index (χ0n) is 10.7. The topological polar surface area (TPSA) is 18.5 Å². The van der Waals surface area contributed by atoms with Gasteiger partial charge in [-0.15, -0.1) is 0 Å². The molecular weight excluding hydrogens is 351 g/mol. The molecule has 1 atom stereocenters. The van der Waals surface area contributed by atoms with Gasteiger partial charge in [-0.05, 0) is 34.9 Å². The van der Waals surface area contributed by atoms with Gasteiger partial charge < -0.3 is 9.47 Å². The van der Waals surface area contributed by atoms with Crippen LogP contribution in [0.5, 0.6) is 11.5 Å². The second-order valence-electron chi connectivity index (χ2n) is 4.65. The van der Waals surface area contributed by atoms with E-state index >= 15 is 0 Å². The fourth-order valence-electron chi connectivity index (χ4n) is 2.35. The van der Waals surface area contributed by atoms with Crippen LogP contribution in [0.3, 0.4) is 0 Å². The molecule has 0 saturated heterocycles. The highest BCUT2D eigenvalue weighted by Crippen LogP contribution is 2.34. The summed E-state index contributed by atoms with van der Waals surface area (Å²) in [6.45, 7) is 0. The third kappa shape index (κ3) is 2.56.